The highest BCUT2D eigenvalue weighted by atomic mass is 19.1. The van der Waals surface area contributed by atoms with Gasteiger partial charge in [-0.2, -0.15) is 0 Å². The van der Waals surface area contributed by atoms with Gasteiger partial charge in [-0.25, -0.2) is 9.18 Å². The number of carbonyl (C=O) groups excluding carboxylic acids is 1. The Labute approximate surface area is 132 Å². The summed E-state index contributed by atoms with van der Waals surface area (Å²) in [4.78, 5) is 25.1. The molecule has 1 saturated heterocycles. The van der Waals surface area contributed by atoms with Crippen molar-refractivity contribution in [3.63, 3.8) is 0 Å². The van der Waals surface area contributed by atoms with Gasteiger partial charge in [-0.05, 0) is 50.1 Å². The first-order chi connectivity index (χ1) is 11.0. The maximum absolute atomic E-state index is 14.1. The zero-order valence-corrected chi connectivity index (χ0v) is 12.6. The first-order valence-electron chi connectivity index (χ1n) is 7.37. The molecule has 0 saturated carbocycles. The van der Waals surface area contributed by atoms with E-state index in [9.17, 15) is 14.0 Å². The van der Waals surface area contributed by atoms with Crippen LogP contribution in [0.3, 0.4) is 0 Å². The van der Waals surface area contributed by atoms with Crippen molar-refractivity contribution >= 4 is 11.9 Å². The molecule has 1 amide bonds. The number of hydrogen-bond acceptors (Lipinski definition) is 3. The molecule has 0 aliphatic carbocycles. The molecule has 0 bridgehead atoms. The molecule has 1 atom stereocenters. The molecule has 1 unspecified atom stereocenters. The van der Waals surface area contributed by atoms with E-state index < -0.39 is 17.7 Å². The number of benzene rings is 1. The van der Waals surface area contributed by atoms with Gasteiger partial charge in [0, 0.05) is 6.54 Å². The predicted molar refractivity (Wildman–Crippen MR) is 79.8 cm³/mol. The van der Waals surface area contributed by atoms with Gasteiger partial charge in [0.2, 0.25) is 0 Å². The van der Waals surface area contributed by atoms with Crippen molar-refractivity contribution in [3.05, 3.63) is 58.8 Å². The van der Waals surface area contributed by atoms with Crippen LogP contribution in [-0.4, -0.2) is 28.4 Å². The predicted octanol–water partition coefficient (Wildman–Crippen LogP) is 3.40. The average molecular weight is 317 g/mol. The first-order valence-corrected chi connectivity index (χ1v) is 7.37. The molecule has 1 N–H and O–H groups in total. The number of aromatic carboxylic acids is 1. The fraction of sp³-hybridized carbons (Fsp3) is 0.294. The zero-order valence-electron chi connectivity index (χ0n) is 12.6. The highest BCUT2D eigenvalue weighted by Crippen LogP contribution is 2.34. The monoisotopic (exact) mass is 317 g/mol. The fourth-order valence-electron chi connectivity index (χ4n) is 2.91. The number of carbonyl (C=O) groups is 2. The maximum atomic E-state index is 14.1. The van der Waals surface area contributed by atoms with Gasteiger partial charge >= 0.3 is 5.97 Å². The minimum atomic E-state index is -1.23. The molecule has 6 heteroatoms. The molecular weight excluding hydrogens is 301 g/mol. The Balaban J connectivity index is 1.88. The minimum Gasteiger partial charge on any atom is -0.478 e. The van der Waals surface area contributed by atoms with E-state index in [1.807, 2.05) is 19.1 Å². The molecule has 1 fully saturated rings. The number of carboxylic acid groups (broad SMARTS) is 1. The molecule has 1 aliphatic heterocycles. The number of carboxylic acids is 1. The molecule has 1 aromatic heterocycles. The van der Waals surface area contributed by atoms with Crippen LogP contribution < -0.4 is 0 Å². The summed E-state index contributed by atoms with van der Waals surface area (Å²) in [7, 11) is 0. The van der Waals surface area contributed by atoms with E-state index in [0.717, 1.165) is 24.7 Å². The van der Waals surface area contributed by atoms with Crippen LogP contribution in [0.4, 0.5) is 4.39 Å². The van der Waals surface area contributed by atoms with Crippen molar-refractivity contribution < 1.29 is 23.5 Å². The van der Waals surface area contributed by atoms with Crippen molar-refractivity contribution in [1.82, 2.24) is 4.90 Å². The van der Waals surface area contributed by atoms with E-state index >= 15 is 0 Å². The highest BCUT2D eigenvalue weighted by Gasteiger charge is 2.33. The van der Waals surface area contributed by atoms with Crippen LogP contribution in [-0.2, 0) is 0 Å². The van der Waals surface area contributed by atoms with Crippen LogP contribution in [0.15, 0.2) is 34.7 Å². The number of nitrogens with zero attached hydrogens (tertiary/aromatic N) is 1. The van der Waals surface area contributed by atoms with Crippen LogP contribution in [0.1, 0.15) is 51.1 Å². The SMILES string of the molecule is Cc1ccc(C2CCCN2C(=O)c2ccc(C(=O)O)cc2F)o1. The van der Waals surface area contributed by atoms with Crippen molar-refractivity contribution in [2.75, 3.05) is 6.54 Å². The van der Waals surface area contributed by atoms with Crippen LogP contribution in [0.5, 0.6) is 0 Å². The van der Waals surface area contributed by atoms with Gasteiger partial charge in [0.25, 0.3) is 5.91 Å². The second-order valence-electron chi connectivity index (χ2n) is 5.60. The van der Waals surface area contributed by atoms with Crippen LogP contribution >= 0.6 is 0 Å². The molecule has 0 radical (unpaired) electrons. The van der Waals surface area contributed by atoms with Crippen molar-refractivity contribution in [2.45, 2.75) is 25.8 Å². The molecule has 1 aromatic carbocycles. The second-order valence-corrected chi connectivity index (χ2v) is 5.60. The third-order valence-electron chi connectivity index (χ3n) is 4.05. The molecule has 2 aromatic rings. The second kappa shape index (κ2) is 5.87. The van der Waals surface area contributed by atoms with E-state index in [1.54, 1.807) is 4.90 Å². The number of halogens is 1. The van der Waals surface area contributed by atoms with E-state index in [4.69, 9.17) is 9.52 Å². The molecule has 120 valence electrons. The normalized spacial score (nSPS) is 17.5. The lowest BCUT2D eigenvalue weighted by Crippen LogP contribution is -2.31. The Bertz CT molecular complexity index is 768. The highest BCUT2D eigenvalue weighted by molar-refractivity contribution is 5.96. The Morgan fingerprint density at radius 3 is 2.70 bits per heavy atom. The lowest BCUT2D eigenvalue weighted by molar-refractivity contribution is 0.0688. The summed E-state index contributed by atoms with van der Waals surface area (Å²) in [6.07, 6.45) is 1.57. The summed E-state index contributed by atoms with van der Waals surface area (Å²) in [5.74, 6) is -1.05. The summed E-state index contributed by atoms with van der Waals surface area (Å²) >= 11 is 0. The lowest BCUT2D eigenvalue weighted by Gasteiger charge is -2.23. The maximum Gasteiger partial charge on any atom is 0.335 e. The number of furan rings is 1. The quantitative estimate of drug-likeness (QED) is 0.942. The summed E-state index contributed by atoms with van der Waals surface area (Å²) < 4.78 is 19.7. The molecule has 23 heavy (non-hydrogen) atoms. The van der Waals surface area contributed by atoms with Gasteiger partial charge in [-0.3, -0.25) is 4.79 Å². The molecule has 3 rings (SSSR count). The Hall–Kier alpha value is -2.63. The number of likely N-dealkylation sites (tertiary alicyclic amines) is 1. The van der Waals surface area contributed by atoms with Crippen LogP contribution in [0.2, 0.25) is 0 Å². The van der Waals surface area contributed by atoms with Crippen molar-refractivity contribution in [1.29, 1.82) is 0 Å². The number of amides is 1. The van der Waals surface area contributed by atoms with Crippen molar-refractivity contribution in [2.24, 2.45) is 0 Å². The zero-order chi connectivity index (χ0) is 16.6. The van der Waals surface area contributed by atoms with Gasteiger partial charge < -0.3 is 14.4 Å². The molecule has 1 aliphatic rings. The Kier molecular flexibility index (Phi) is 3.90. The Morgan fingerprint density at radius 1 is 1.30 bits per heavy atom. The van der Waals surface area contributed by atoms with Gasteiger partial charge in [-0.15, -0.1) is 0 Å². The van der Waals surface area contributed by atoms with E-state index in [1.165, 1.54) is 12.1 Å². The van der Waals surface area contributed by atoms with Crippen molar-refractivity contribution in [3.8, 4) is 0 Å². The third kappa shape index (κ3) is 2.84. The van der Waals surface area contributed by atoms with Crippen LogP contribution in [0.25, 0.3) is 0 Å². The lowest BCUT2D eigenvalue weighted by atomic mass is 10.1. The molecule has 2 heterocycles. The topological polar surface area (TPSA) is 70.8 Å². The summed E-state index contributed by atoms with van der Waals surface area (Å²) in [6, 6.07) is 6.78. The molecular formula is C17H16FNO4. The standard InChI is InChI=1S/C17H16FNO4/c1-10-4-7-15(23-10)14-3-2-8-19(14)16(20)12-6-5-11(17(21)22)9-13(12)18/h4-7,9,14H,2-3,8H2,1H3,(H,21,22). The first kappa shape index (κ1) is 15.3. The summed E-state index contributed by atoms with van der Waals surface area (Å²) in [5.41, 5.74) is -0.302. The van der Waals surface area contributed by atoms with Gasteiger partial charge in [0.1, 0.15) is 17.3 Å². The minimum absolute atomic E-state index is 0.120. The fourth-order valence-corrected chi connectivity index (χ4v) is 2.91. The van der Waals surface area contributed by atoms with E-state index in [0.29, 0.717) is 12.3 Å². The summed E-state index contributed by atoms with van der Waals surface area (Å²) in [5, 5.41) is 8.87. The molecule has 5 nitrogen and oxygen atoms in total. The average Bonchev–Trinajstić information content (AvgIpc) is 3.14. The number of hydrogen-bond donors (Lipinski definition) is 1. The van der Waals surface area contributed by atoms with E-state index in [2.05, 4.69) is 0 Å². The number of rotatable bonds is 3. The van der Waals surface area contributed by atoms with Gasteiger partial charge in [0.15, 0.2) is 0 Å². The molecule has 0 spiro atoms. The smallest absolute Gasteiger partial charge is 0.335 e. The van der Waals surface area contributed by atoms with Gasteiger partial charge in [0.05, 0.1) is 17.2 Å². The largest absolute Gasteiger partial charge is 0.478 e. The number of aryl methyl sites for hydroxylation is 1. The third-order valence-corrected chi connectivity index (χ3v) is 4.05. The Morgan fingerprint density at radius 2 is 2.09 bits per heavy atom. The van der Waals surface area contributed by atoms with Gasteiger partial charge in [-0.1, -0.05) is 0 Å². The van der Waals surface area contributed by atoms with E-state index in [-0.39, 0.29) is 17.2 Å². The summed E-state index contributed by atoms with van der Waals surface area (Å²) in [6.45, 7) is 2.35. The van der Waals surface area contributed by atoms with Crippen LogP contribution in [0, 0.1) is 12.7 Å².